The molecule has 1 amide bonds. The first kappa shape index (κ1) is 22.7. The van der Waals surface area contributed by atoms with E-state index in [0.29, 0.717) is 12.2 Å². The fourth-order valence-corrected chi connectivity index (χ4v) is 5.54. The average molecular weight is 478 g/mol. The number of amides is 1. The van der Waals surface area contributed by atoms with Gasteiger partial charge in [0, 0.05) is 16.6 Å². The number of thiazole rings is 1. The Balaban J connectivity index is 1.61. The van der Waals surface area contributed by atoms with Crippen molar-refractivity contribution in [3.8, 4) is 0 Å². The summed E-state index contributed by atoms with van der Waals surface area (Å²) >= 11 is 1.47. The lowest BCUT2D eigenvalue weighted by molar-refractivity contribution is 0.0950. The number of carbonyl (C=O) groups excluding carboxylic acids is 1. The highest BCUT2D eigenvalue weighted by Crippen LogP contribution is 2.26. The largest absolute Gasteiger partial charge is 0.346 e. The molecule has 168 valence electrons. The van der Waals surface area contributed by atoms with Crippen molar-refractivity contribution < 1.29 is 13.2 Å². The van der Waals surface area contributed by atoms with Crippen molar-refractivity contribution in [2.24, 2.45) is 0 Å². The van der Waals surface area contributed by atoms with Gasteiger partial charge in [0.1, 0.15) is 5.01 Å². The minimum absolute atomic E-state index is 0.0556. The van der Waals surface area contributed by atoms with Gasteiger partial charge in [-0.1, -0.05) is 54.6 Å². The molecule has 8 heteroatoms. The molecule has 4 aromatic rings. The van der Waals surface area contributed by atoms with Gasteiger partial charge in [-0.25, -0.2) is 13.4 Å². The molecule has 6 nitrogen and oxygen atoms in total. The normalized spacial score (nSPS) is 11.2. The van der Waals surface area contributed by atoms with Gasteiger partial charge in [-0.15, -0.1) is 11.3 Å². The maximum absolute atomic E-state index is 13.7. The van der Waals surface area contributed by atoms with Crippen LogP contribution in [0.5, 0.6) is 0 Å². The predicted octanol–water partition coefficient (Wildman–Crippen LogP) is 4.78. The van der Waals surface area contributed by atoms with Crippen molar-refractivity contribution in [2.75, 3.05) is 4.31 Å². The first-order chi connectivity index (χ1) is 15.9. The molecule has 0 unspecified atom stereocenters. The second-order valence-electron chi connectivity index (χ2n) is 7.43. The van der Waals surface area contributed by atoms with E-state index < -0.39 is 10.0 Å². The maximum Gasteiger partial charge on any atom is 0.264 e. The second-order valence-corrected chi connectivity index (χ2v) is 10.2. The number of nitrogens with zero attached hydrogens (tertiary/aromatic N) is 2. The molecule has 0 saturated heterocycles. The zero-order valence-corrected chi connectivity index (χ0v) is 19.6. The van der Waals surface area contributed by atoms with Crippen molar-refractivity contribution in [1.29, 1.82) is 0 Å². The summed E-state index contributed by atoms with van der Waals surface area (Å²) in [5.74, 6) is -0.353. The van der Waals surface area contributed by atoms with E-state index in [1.165, 1.54) is 27.8 Å². The number of anilines is 1. The highest BCUT2D eigenvalue weighted by Gasteiger charge is 2.26. The zero-order valence-electron chi connectivity index (χ0n) is 18.0. The predicted molar refractivity (Wildman–Crippen MR) is 131 cm³/mol. The maximum atomic E-state index is 13.7. The quantitative estimate of drug-likeness (QED) is 0.396. The number of carbonyl (C=O) groups is 1. The van der Waals surface area contributed by atoms with Crippen LogP contribution in [0.2, 0.25) is 0 Å². The van der Waals surface area contributed by atoms with E-state index in [1.807, 2.05) is 48.7 Å². The minimum Gasteiger partial charge on any atom is -0.346 e. The van der Waals surface area contributed by atoms with Gasteiger partial charge in [-0.2, -0.15) is 0 Å². The molecule has 3 aromatic carbocycles. The molecule has 0 aliphatic rings. The summed E-state index contributed by atoms with van der Waals surface area (Å²) in [4.78, 5) is 17.1. The van der Waals surface area contributed by atoms with Crippen LogP contribution < -0.4 is 9.62 Å². The number of sulfonamides is 1. The summed E-state index contributed by atoms with van der Waals surface area (Å²) < 4.78 is 28.7. The summed E-state index contributed by atoms with van der Waals surface area (Å²) in [5.41, 5.74) is 2.58. The fraction of sp³-hybridized carbons (Fsp3) is 0.120. The molecular weight excluding hydrogens is 454 g/mol. The third kappa shape index (κ3) is 5.47. The first-order valence-electron chi connectivity index (χ1n) is 10.3. The van der Waals surface area contributed by atoms with Crippen molar-refractivity contribution in [3.05, 3.63) is 112 Å². The molecule has 0 radical (unpaired) electrons. The molecule has 0 atom stereocenters. The van der Waals surface area contributed by atoms with Crippen LogP contribution in [-0.2, 0) is 23.1 Å². The van der Waals surface area contributed by atoms with E-state index in [-0.39, 0.29) is 22.9 Å². The SMILES string of the molecule is Cc1csc(CNC(=O)c2cccc(S(=O)(=O)N(Cc3ccccc3)c3ccccc3)c2)n1. The van der Waals surface area contributed by atoms with Gasteiger partial charge >= 0.3 is 0 Å². The summed E-state index contributed by atoms with van der Waals surface area (Å²) in [5, 5.41) is 5.52. The molecule has 1 heterocycles. The lowest BCUT2D eigenvalue weighted by Crippen LogP contribution is -2.31. The standard InChI is InChI=1S/C25H23N3O3S2/c1-19-18-32-24(27-19)16-26-25(29)21-11-8-14-23(15-21)33(30,31)28(22-12-6-3-7-13-22)17-20-9-4-2-5-10-20/h2-15,18H,16-17H2,1H3,(H,26,29). The summed E-state index contributed by atoms with van der Waals surface area (Å²) in [6.07, 6.45) is 0. The van der Waals surface area contributed by atoms with Crippen LogP contribution in [0.25, 0.3) is 0 Å². The molecule has 0 bridgehead atoms. The van der Waals surface area contributed by atoms with Gasteiger partial charge in [0.25, 0.3) is 15.9 Å². The number of hydrogen-bond donors (Lipinski definition) is 1. The van der Waals surface area contributed by atoms with Crippen molar-refractivity contribution in [2.45, 2.75) is 24.9 Å². The van der Waals surface area contributed by atoms with Gasteiger partial charge in [0.15, 0.2) is 0 Å². The van der Waals surface area contributed by atoms with Crippen molar-refractivity contribution >= 4 is 33.0 Å². The Labute approximate surface area is 197 Å². The number of para-hydroxylation sites is 1. The van der Waals surface area contributed by atoms with E-state index in [2.05, 4.69) is 10.3 Å². The Hall–Kier alpha value is -3.49. The number of nitrogens with one attached hydrogen (secondary N) is 1. The van der Waals surface area contributed by atoms with Gasteiger partial charge in [-0.05, 0) is 42.8 Å². The van der Waals surface area contributed by atoms with E-state index >= 15 is 0 Å². The Morgan fingerprint density at radius 3 is 2.33 bits per heavy atom. The molecule has 0 aliphatic carbocycles. The third-order valence-electron chi connectivity index (χ3n) is 4.96. The molecule has 0 spiro atoms. The molecule has 0 saturated carbocycles. The number of rotatable bonds is 8. The van der Waals surface area contributed by atoms with Crippen LogP contribution in [0.3, 0.4) is 0 Å². The van der Waals surface area contributed by atoms with Crippen LogP contribution in [0.4, 0.5) is 5.69 Å². The van der Waals surface area contributed by atoms with E-state index in [1.54, 1.807) is 36.4 Å². The molecule has 1 aromatic heterocycles. The van der Waals surface area contributed by atoms with Crippen LogP contribution in [0.1, 0.15) is 26.6 Å². The Bertz CT molecular complexity index is 1340. The van der Waals surface area contributed by atoms with Crippen LogP contribution in [0, 0.1) is 6.92 Å². The third-order valence-corrected chi connectivity index (χ3v) is 7.70. The van der Waals surface area contributed by atoms with Gasteiger partial charge in [0.2, 0.25) is 0 Å². The summed E-state index contributed by atoms with van der Waals surface area (Å²) in [6, 6.07) is 24.5. The van der Waals surface area contributed by atoms with Gasteiger partial charge in [0.05, 0.1) is 23.7 Å². The number of aromatic nitrogens is 1. The smallest absolute Gasteiger partial charge is 0.264 e. The van der Waals surface area contributed by atoms with E-state index in [0.717, 1.165) is 16.3 Å². The zero-order chi connectivity index (χ0) is 23.3. The van der Waals surface area contributed by atoms with E-state index in [9.17, 15) is 13.2 Å². The molecule has 0 fully saturated rings. The van der Waals surface area contributed by atoms with Crippen LogP contribution in [-0.4, -0.2) is 19.3 Å². The monoisotopic (exact) mass is 477 g/mol. The van der Waals surface area contributed by atoms with Crippen LogP contribution >= 0.6 is 11.3 Å². The van der Waals surface area contributed by atoms with Crippen molar-refractivity contribution in [1.82, 2.24) is 10.3 Å². The lowest BCUT2D eigenvalue weighted by atomic mass is 10.2. The number of benzene rings is 3. The van der Waals surface area contributed by atoms with Crippen LogP contribution in [0.15, 0.2) is 95.2 Å². The topological polar surface area (TPSA) is 79.4 Å². The highest BCUT2D eigenvalue weighted by molar-refractivity contribution is 7.92. The number of aryl methyl sites for hydroxylation is 1. The Morgan fingerprint density at radius 1 is 0.970 bits per heavy atom. The van der Waals surface area contributed by atoms with Gasteiger partial charge in [-0.3, -0.25) is 9.10 Å². The molecular formula is C25H23N3O3S2. The van der Waals surface area contributed by atoms with E-state index in [4.69, 9.17) is 0 Å². The summed E-state index contributed by atoms with van der Waals surface area (Å²) in [6.45, 7) is 2.36. The Morgan fingerprint density at radius 2 is 1.67 bits per heavy atom. The molecule has 0 aliphatic heterocycles. The lowest BCUT2D eigenvalue weighted by Gasteiger charge is -2.25. The number of hydrogen-bond acceptors (Lipinski definition) is 5. The van der Waals surface area contributed by atoms with Gasteiger partial charge < -0.3 is 5.32 Å². The average Bonchev–Trinajstić information content (AvgIpc) is 3.27. The van der Waals surface area contributed by atoms with Crippen molar-refractivity contribution in [3.63, 3.8) is 0 Å². The summed E-state index contributed by atoms with van der Waals surface area (Å²) in [7, 11) is -3.93. The minimum atomic E-state index is -3.93. The Kier molecular flexibility index (Phi) is 6.86. The molecule has 4 rings (SSSR count). The highest BCUT2D eigenvalue weighted by atomic mass is 32.2. The fourth-order valence-electron chi connectivity index (χ4n) is 3.33. The molecule has 33 heavy (non-hydrogen) atoms. The molecule has 1 N–H and O–H groups in total. The second kappa shape index (κ2) is 9.97. The first-order valence-corrected chi connectivity index (χ1v) is 12.7.